The SMILES string of the molecule is CCOc1ccc([C@@H]2C(C#N)=C(N)N(N(C)C)C3=C2C(=O)C[C@@H](c2ccccc2)C3)cc1. The van der Waals surface area contributed by atoms with Crippen molar-refractivity contribution in [1.29, 1.82) is 5.26 Å². The van der Waals surface area contributed by atoms with Crippen molar-refractivity contribution in [1.82, 2.24) is 10.0 Å². The second-order valence-corrected chi connectivity index (χ2v) is 8.30. The summed E-state index contributed by atoms with van der Waals surface area (Å²) in [6.07, 6.45) is 1.09. The second-order valence-electron chi connectivity index (χ2n) is 8.30. The Morgan fingerprint density at radius 2 is 1.78 bits per heavy atom. The zero-order chi connectivity index (χ0) is 22.8. The average Bonchev–Trinajstić information content (AvgIpc) is 2.79. The number of carbonyl (C=O) groups is 1. The van der Waals surface area contributed by atoms with Gasteiger partial charge in [-0.2, -0.15) is 5.26 Å². The number of benzene rings is 2. The molecular formula is C26H28N4O2. The molecular weight excluding hydrogens is 400 g/mol. The van der Waals surface area contributed by atoms with Gasteiger partial charge in [-0.25, -0.2) is 5.01 Å². The van der Waals surface area contributed by atoms with Crippen LogP contribution in [0.2, 0.25) is 0 Å². The van der Waals surface area contributed by atoms with Crippen LogP contribution in [0.5, 0.6) is 5.75 Å². The summed E-state index contributed by atoms with van der Waals surface area (Å²) in [5.74, 6) is 0.780. The normalized spacial score (nSPS) is 21.0. The van der Waals surface area contributed by atoms with Gasteiger partial charge in [0.2, 0.25) is 0 Å². The average molecular weight is 429 g/mol. The predicted octanol–water partition coefficient (Wildman–Crippen LogP) is 4.06. The molecule has 0 saturated heterocycles. The number of nitrogens with two attached hydrogens (primary N) is 1. The Morgan fingerprint density at radius 3 is 2.38 bits per heavy atom. The van der Waals surface area contributed by atoms with Crippen LogP contribution < -0.4 is 10.5 Å². The van der Waals surface area contributed by atoms with Gasteiger partial charge in [-0.05, 0) is 42.5 Å². The van der Waals surface area contributed by atoms with Crippen molar-refractivity contribution in [3.63, 3.8) is 0 Å². The van der Waals surface area contributed by atoms with E-state index >= 15 is 0 Å². The van der Waals surface area contributed by atoms with Crippen LogP contribution >= 0.6 is 0 Å². The number of rotatable bonds is 5. The van der Waals surface area contributed by atoms with Gasteiger partial charge in [0, 0.05) is 31.8 Å². The highest BCUT2D eigenvalue weighted by molar-refractivity contribution is 6.00. The van der Waals surface area contributed by atoms with Crippen LogP contribution in [0, 0.1) is 11.3 Å². The molecule has 32 heavy (non-hydrogen) atoms. The van der Waals surface area contributed by atoms with Gasteiger partial charge in [-0.3, -0.25) is 9.80 Å². The Hall–Kier alpha value is -3.56. The monoisotopic (exact) mass is 428 g/mol. The molecule has 0 aromatic heterocycles. The first-order chi connectivity index (χ1) is 15.5. The number of allylic oxidation sites excluding steroid dienone is 3. The molecule has 1 aliphatic carbocycles. The third-order valence-corrected chi connectivity index (χ3v) is 6.14. The molecule has 0 saturated carbocycles. The summed E-state index contributed by atoms with van der Waals surface area (Å²) in [7, 11) is 3.75. The lowest BCUT2D eigenvalue weighted by molar-refractivity contribution is -0.117. The Morgan fingerprint density at radius 1 is 1.09 bits per heavy atom. The third-order valence-electron chi connectivity index (χ3n) is 6.14. The molecule has 0 radical (unpaired) electrons. The van der Waals surface area contributed by atoms with Crippen molar-refractivity contribution in [2.24, 2.45) is 5.73 Å². The van der Waals surface area contributed by atoms with Crippen molar-refractivity contribution in [2.45, 2.75) is 31.6 Å². The molecule has 1 heterocycles. The molecule has 4 rings (SSSR count). The summed E-state index contributed by atoms with van der Waals surface area (Å²) in [6, 6.07) is 20.0. The lowest BCUT2D eigenvalue weighted by Crippen LogP contribution is -2.46. The van der Waals surface area contributed by atoms with Crippen molar-refractivity contribution in [3.05, 3.63) is 88.4 Å². The first-order valence-corrected chi connectivity index (χ1v) is 10.9. The second kappa shape index (κ2) is 8.89. The first kappa shape index (κ1) is 21.7. The maximum atomic E-state index is 13.6. The molecule has 0 spiro atoms. The van der Waals surface area contributed by atoms with Gasteiger partial charge in [0.25, 0.3) is 0 Å². The zero-order valence-electron chi connectivity index (χ0n) is 18.7. The van der Waals surface area contributed by atoms with Gasteiger partial charge >= 0.3 is 0 Å². The summed E-state index contributed by atoms with van der Waals surface area (Å²) in [6.45, 7) is 2.51. The number of nitrogens with zero attached hydrogens (tertiary/aromatic N) is 3. The molecule has 0 bridgehead atoms. The van der Waals surface area contributed by atoms with Crippen LogP contribution in [0.15, 0.2) is 77.3 Å². The molecule has 0 unspecified atom stereocenters. The van der Waals surface area contributed by atoms with Gasteiger partial charge in [0.15, 0.2) is 5.78 Å². The topological polar surface area (TPSA) is 82.6 Å². The third kappa shape index (κ3) is 3.76. The van der Waals surface area contributed by atoms with Crippen LogP contribution in [-0.2, 0) is 4.79 Å². The number of hydrazine groups is 1. The van der Waals surface area contributed by atoms with Crippen molar-refractivity contribution >= 4 is 5.78 Å². The van der Waals surface area contributed by atoms with Crippen LogP contribution in [0.1, 0.15) is 42.7 Å². The van der Waals surface area contributed by atoms with Crippen LogP contribution in [0.4, 0.5) is 0 Å². The standard InChI is InChI=1S/C26H28N4O2/c1-4-32-20-12-10-18(11-13-20)24-21(16-27)26(28)30(29(2)3)22-14-19(15-23(31)25(22)24)17-8-6-5-7-9-17/h5-13,19,24H,4,14-15,28H2,1-3H3/t19-,24+/m0/s1. The minimum Gasteiger partial charge on any atom is -0.494 e. The summed E-state index contributed by atoms with van der Waals surface area (Å²) >= 11 is 0. The highest BCUT2D eigenvalue weighted by Crippen LogP contribution is 2.48. The van der Waals surface area contributed by atoms with E-state index in [0.717, 1.165) is 22.6 Å². The van der Waals surface area contributed by atoms with E-state index in [1.807, 2.05) is 73.5 Å². The van der Waals surface area contributed by atoms with E-state index in [2.05, 4.69) is 18.2 Å². The highest BCUT2D eigenvalue weighted by atomic mass is 16.5. The Labute approximate surface area is 189 Å². The van der Waals surface area contributed by atoms with Gasteiger partial charge < -0.3 is 10.5 Å². The minimum absolute atomic E-state index is 0.0612. The number of nitriles is 1. The summed E-state index contributed by atoms with van der Waals surface area (Å²) in [5, 5.41) is 13.7. The molecule has 164 valence electrons. The van der Waals surface area contributed by atoms with E-state index < -0.39 is 5.92 Å². The van der Waals surface area contributed by atoms with Gasteiger partial charge in [-0.15, -0.1) is 0 Å². The minimum atomic E-state index is -0.480. The largest absolute Gasteiger partial charge is 0.494 e. The summed E-state index contributed by atoms with van der Waals surface area (Å²) in [4.78, 5) is 13.6. The van der Waals surface area contributed by atoms with Crippen LogP contribution in [0.3, 0.4) is 0 Å². The Balaban J connectivity index is 1.85. The molecule has 2 aliphatic rings. The van der Waals surface area contributed by atoms with Crippen LogP contribution in [-0.4, -0.2) is 36.5 Å². The quantitative estimate of drug-likeness (QED) is 0.773. The van der Waals surface area contributed by atoms with E-state index in [-0.39, 0.29) is 11.7 Å². The zero-order valence-corrected chi connectivity index (χ0v) is 18.7. The molecule has 6 heteroatoms. The molecule has 1 aliphatic heterocycles. The van der Waals surface area contributed by atoms with Crippen molar-refractivity contribution in [3.8, 4) is 11.8 Å². The van der Waals surface area contributed by atoms with Crippen molar-refractivity contribution < 1.29 is 9.53 Å². The smallest absolute Gasteiger partial charge is 0.162 e. The van der Waals surface area contributed by atoms with E-state index in [4.69, 9.17) is 10.5 Å². The van der Waals surface area contributed by atoms with E-state index in [1.165, 1.54) is 0 Å². The van der Waals surface area contributed by atoms with Gasteiger partial charge in [-0.1, -0.05) is 42.5 Å². The maximum Gasteiger partial charge on any atom is 0.162 e. The molecule has 2 aromatic rings. The number of hydrogen-bond acceptors (Lipinski definition) is 6. The van der Waals surface area contributed by atoms with E-state index in [1.54, 1.807) is 0 Å². The number of Topliss-reactive ketones (excluding diaryl/α,β-unsaturated/α-hetero) is 1. The number of ether oxygens (including phenoxy) is 1. The fraction of sp³-hybridized carbons (Fsp3) is 0.308. The lowest BCUT2D eigenvalue weighted by Gasteiger charge is -2.43. The number of carbonyl (C=O) groups excluding carboxylic acids is 1. The maximum absolute atomic E-state index is 13.6. The number of hydrogen-bond donors (Lipinski definition) is 1. The van der Waals surface area contributed by atoms with E-state index in [9.17, 15) is 10.1 Å². The Bertz CT molecular complexity index is 1110. The van der Waals surface area contributed by atoms with Crippen LogP contribution in [0.25, 0.3) is 0 Å². The number of ketones is 1. The Kier molecular flexibility index (Phi) is 6.02. The lowest BCUT2D eigenvalue weighted by atomic mass is 9.72. The van der Waals surface area contributed by atoms with Crippen molar-refractivity contribution in [2.75, 3.05) is 20.7 Å². The summed E-state index contributed by atoms with van der Waals surface area (Å²) < 4.78 is 5.57. The highest BCUT2D eigenvalue weighted by Gasteiger charge is 2.43. The first-order valence-electron chi connectivity index (χ1n) is 10.9. The molecule has 2 atom stereocenters. The van der Waals surface area contributed by atoms with Gasteiger partial charge in [0.1, 0.15) is 11.6 Å². The fourth-order valence-electron chi connectivity index (χ4n) is 4.79. The molecule has 0 amide bonds. The van der Waals surface area contributed by atoms with Gasteiger partial charge in [0.05, 0.1) is 24.2 Å². The molecule has 6 nitrogen and oxygen atoms in total. The molecule has 2 N–H and O–H groups in total. The predicted molar refractivity (Wildman–Crippen MR) is 123 cm³/mol. The van der Waals surface area contributed by atoms with E-state index in [0.29, 0.717) is 36.4 Å². The fourth-order valence-corrected chi connectivity index (χ4v) is 4.79. The molecule has 2 aromatic carbocycles. The molecule has 0 fully saturated rings. The summed E-state index contributed by atoms with van der Waals surface area (Å²) in [5.41, 5.74) is 10.5.